The molecular weight excluding hydrogens is 593 g/mol. The maximum Gasteiger partial charge on any atom is 0.430 e. The van der Waals surface area contributed by atoms with Crippen molar-refractivity contribution in [3.05, 3.63) is 91.0 Å². The average Bonchev–Trinajstić information content (AvgIpc) is 3.00. The fraction of sp³-hybridized carbons (Fsp3) is 0.441. The van der Waals surface area contributed by atoms with Gasteiger partial charge in [0, 0.05) is 49.4 Å². The summed E-state index contributed by atoms with van der Waals surface area (Å²) in [6.07, 6.45) is 1.50. The molecule has 1 aliphatic rings. The molecule has 1 saturated heterocycles. The lowest BCUT2D eigenvalue weighted by molar-refractivity contribution is 0.0502. The number of hydrogen-bond donors (Lipinski definition) is 1. The molecule has 0 spiro atoms. The van der Waals surface area contributed by atoms with Crippen LogP contribution < -0.4 is 14.4 Å². The predicted octanol–water partition coefficient (Wildman–Crippen LogP) is 7.42. The first-order valence-electron chi connectivity index (χ1n) is 15.4. The summed E-state index contributed by atoms with van der Waals surface area (Å²) < 4.78 is 31.2. The van der Waals surface area contributed by atoms with Crippen LogP contribution >= 0.6 is 19.4 Å². The summed E-state index contributed by atoms with van der Waals surface area (Å²) in [5.41, 5.74) is -0.535. The molecule has 0 saturated carbocycles. The summed E-state index contributed by atoms with van der Waals surface area (Å²) in [4.78, 5) is 18.6. The van der Waals surface area contributed by atoms with Crippen molar-refractivity contribution < 1.29 is 23.1 Å². The highest BCUT2D eigenvalue weighted by molar-refractivity contribution is 7.99. The molecule has 0 radical (unpaired) electrons. The molecule has 0 aromatic heterocycles. The Hall–Kier alpha value is -2.97. The number of amides is 1. The quantitative estimate of drug-likeness (QED) is 0.136. The second-order valence-electron chi connectivity index (χ2n) is 11.9. The number of carbonyl (C=O) groups excluding carboxylic acids is 1. The van der Waals surface area contributed by atoms with Crippen LogP contribution in [-0.2, 0) is 9.30 Å². The van der Waals surface area contributed by atoms with Gasteiger partial charge < -0.3 is 28.9 Å². The molecule has 0 bridgehead atoms. The van der Waals surface area contributed by atoms with Crippen molar-refractivity contribution in [1.29, 1.82) is 0 Å². The number of alkyl carbamates (subject to hydrolysis) is 1. The largest absolute Gasteiger partial charge is 0.444 e. The van der Waals surface area contributed by atoms with Crippen LogP contribution in [-0.4, -0.2) is 78.7 Å². The van der Waals surface area contributed by atoms with Gasteiger partial charge in [-0.25, -0.2) is 9.36 Å². The van der Waals surface area contributed by atoms with Crippen LogP contribution in [0.4, 0.5) is 4.79 Å². The van der Waals surface area contributed by atoms with Gasteiger partial charge in [-0.3, -0.25) is 0 Å². The van der Waals surface area contributed by atoms with E-state index in [1.807, 2.05) is 75.4 Å². The molecule has 3 aromatic carbocycles. The van der Waals surface area contributed by atoms with Gasteiger partial charge in [-0.1, -0.05) is 54.6 Å². The third kappa shape index (κ3) is 12.6. The van der Waals surface area contributed by atoms with Crippen LogP contribution in [0.3, 0.4) is 0 Å². The molecule has 1 fully saturated rings. The van der Waals surface area contributed by atoms with E-state index in [1.165, 1.54) is 4.90 Å². The van der Waals surface area contributed by atoms with Gasteiger partial charge in [0.2, 0.25) is 0 Å². The Morgan fingerprint density at radius 1 is 0.818 bits per heavy atom. The molecule has 238 valence electrons. The Bertz CT molecular complexity index is 1260. The lowest BCUT2D eigenvalue weighted by Gasteiger charge is -2.35. The first-order valence-corrected chi connectivity index (χ1v) is 18.1. The Labute approximate surface area is 267 Å². The number of ether oxygens (including phenoxy) is 1. The van der Waals surface area contributed by atoms with E-state index >= 15 is 0 Å². The Morgan fingerprint density at radius 3 is 1.84 bits per heavy atom. The van der Waals surface area contributed by atoms with Crippen molar-refractivity contribution in [3.8, 4) is 11.5 Å². The molecule has 1 unspecified atom stereocenters. The number of nitrogens with one attached hydrogen (secondary N) is 1. The van der Waals surface area contributed by atoms with E-state index in [1.54, 1.807) is 36.0 Å². The highest BCUT2D eigenvalue weighted by Crippen LogP contribution is 2.49. The molecule has 8 nitrogen and oxygen atoms in total. The highest BCUT2D eigenvalue weighted by Gasteiger charge is 2.29. The standard InChI is InChI=1S/C34H46N3O5PS/c1-34(2,3)40-33(38)35-29(28-44-32-18-11-6-12-19-32)20-22-37-25-23-36(24-26-37)21-13-27-43(39,41-30-14-7-4-8-15-30)42-31-16-9-5-10-17-31/h4-12,14-19,29H,13,20-28H2,1-3H3,(H,35,38). The second-order valence-corrected chi connectivity index (χ2v) is 15.1. The van der Waals surface area contributed by atoms with Gasteiger partial charge in [-0.2, -0.15) is 0 Å². The number of rotatable bonds is 15. The first-order chi connectivity index (χ1) is 21.2. The lowest BCUT2D eigenvalue weighted by Crippen LogP contribution is -2.48. The summed E-state index contributed by atoms with van der Waals surface area (Å²) >= 11 is 1.75. The van der Waals surface area contributed by atoms with Gasteiger partial charge in [-0.05, 0) is 76.6 Å². The molecule has 1 aliphatic heterocycles. The van der Waals surface area contributed by atoms with Gasteiger partial charge in [0.15, 0.2) is 0 Å². The summed E-state index contributed by atoms with van der Waals surface area (Å²) in [5.74, 6) is 1.86. The fourth-order valence-electron chi connectivity index (χ4n) is 4.84. The number of thioether (sulfide) groups is 1. The average molecular weight is 640 g/mol. The predicted molar refractivity (Wildman–Crippen MR) is 179 cm³/mol. The van der Waals surface area contributed by atoms with E-state index in [0.29, 0.717) is 24.1 Å². The zero-order chi connectivity index (χ0) is 31.3. The number of nitrogens with zero attached hydrogens (tertiary/aromatic N) is 2. The minimum Gasteiger partial charge on any atom is -0.444 e. The third-order valence-electron chi connectivity index (χ3n) is 7.06. The summed E-state index contributed by atoms with van der Waals surface area (Å²) in [6.45, 7) is 11.1. The van der Waals surface area contributed by atoms with Crippen LogP contribution in [0, 0.1) is 0 Å². The number of para-hydroxylation sites is 2. The van der Waals surface area contributed by atoms with Crippen LogP contribution in [0.15, 0.2) is 95.9 Å². The van der Waals surface area contributed by atoms with Crippen LogP contribution in [0.5, 0.6) is 11.5 Å². The molecule has 10 heteroatoms. The maximum atomic E-state index is 13.8. The van der Waals surface area contributed by atoms with E-state index in [9.17, 15) is 9.36 Å². The normalized spacial score (nSPS) is 15.3. The van der Waals surface area contributed by atoms with E-state index in [4.69, 9.17) is 13.8 Å². The minimum absolute atomic E-state index is 0.00328. The molecular formula is C34H46N3O5PS. The van der Waals surface area contributed by atoms with E-state index < -0.39 is 13.2 Å². The van der Waals surface area contributed by atoms with E-state index in [2.05, 4.69) is 27.2 Å². The molecule has 1 N–H and O–H groups in total. The van der Waals surface area contributed by atoms with Gasteiger partial charge in [-0.15, -0.1) is 11.8 Å². The minimum atomic E-state index is -3.40. The van der Waals surface area contributed by atoms with Crippen molar-refractivity contribution in [1.82, 2.24) is 15.1 Å². The third-order valence-corrected chi connectivity index (χ3v) is 10.1. The van der Waals surface area contributed by atoms with Crippen molar-refractivity contribution in [2.75, 3.05) is 51.2 Å². The SMILES string of the molecule is CC(C)(C)OC(=O)NC(CCN1CCN(CCCP(=O)(Oc2ccccc2)Oc2ccccc2)CC1)CSc1ccccc1. The van der Waals surface area contributed by atoms with E-state index in [0.717, 1.165) is 51.4 Å². The smallest absolute Gasteiger partial charge is 0.430 e. The highest BCUT2D eigenvalue weighted by atomic mass is 32.2. The maximum absolute atomic E-state index is 13.8. The van der Waals surface area contributed by atoms with Gasteiger partial charge in [0.1, 0.15) is 17.1 Å². The Balaban J connectivity index is 1.23. The van der Waals surface area contributed by atoms with Crippen LogP contribution in [0.25, 0.3) is 0 Å². The summed E-state index contributed by atoms with van der Waals surface area (Å²) in [5, 5.41) is 3.10. The Morgan fingerprint density at radius 2 is 1.32 bits per heavy atom. The molecule has 1 amide bonds. The molecule has 4 rings (SSSR count). The molecule has 1 atom stereocenters. The number of piperazine rings is 1. The first kappa shape index (κ1) is 33.9. The van der Waals surface area contributed by atoms with Crippen LogP contribution in [0.2, 0.25) is 0 Å². The zero-order valence-corrected chi connectivity index (χ0v) is 27.8. The second kappa shape index (κ2) is 16.9. The number of hydrogen-bond acceptors (Lipinski definition) is 8. The molecule has 44 heavy (non-hydrogen) atoms. The molecule has 1 heterocycles. The van der Waals surface area contributed by atoms with Crippen molar-refractivity contribution >= 4 is 25.5 Å². The van der Waals surface area contributed by atoms with Crippen LogP contribution in [0.1, 0.15) is 33.6 Å². The topological polar surface area (TPSA) is 80.3 Å². The van der Waals surface area contributed by atoms with Gasteiger partial charge in [0.05, 0.1) is 6.16 Å². The fourth-order valence-corrected chi connectivity index (χ4v) is 7.47. The monoisotopic (exact) mass is 639 g/mol. The number of carbonyl (C=O) groups is 1. The van der Waals surface area contributed by atoms with Crippen molar-refractivity contribution in [2.45, 2.75) is 50.2 Å². The molecule has 0 aliphatic carbocycles. The summed E-state index contributed by atoms with van der Waals surface area (Å²) in [6, 6.07) is 28.7. The molecule has 3 aromatic rings. The van der Waals surface area contributed by atoms with Gasteiger partial charge >= 0.3 is 13.7 Å². The Kier molecular flexibility index (Phi) is 13.0. The van der Waals surface area contributed by atoms with Gasteiger partial charge in [0.25, 0.3) is 0 Å². The van der Waals surface area contributed by atoms with Crippen molar-refractivity contribution in [2.24, 2.45) is 0 Å². The number of benzene rings is 3. The lowest BCUT2D eigenvalue weighted by atomic mass is 10.2. The summed E-state index contributed by atoms with van der Waals surface area (Å²) in [7, 11) is -3.40. The zero-order valence-electron chi connectivity index (χ0n) is 26.1. The van der Waals surface area contributed by atoms with Crippen molar-refractivity contribution in [3.63, 3.8) is 0 Å². The van der Waals surface area contributed by atoms with E-state index in [-0.39, 0.29) is 12.1 Å².